The van der Waals surface area contributed by atoms with Crippen LogP contribution in [0.2, 0.25) is 0 Å². The number of anilines is 1. The third-order valence-electron chi connectivity index (χ3n) is 4.51. The van der Waals surface area contributed by atoms with Crippen LogP contribution in [-0.2, 0) is 13.6 Å². The number of rotatable bonds is 4. The summed E-state index contributed by atoms with van der Waals surface area (Å²) in [5, 5.41) is 7.12. The molecular weight excluding hydrogens is 344 g/mol. The Kier molecular flexibility index (Phi) is 4.89. The average Bonchev–Trinajstić information content (AvgIpc) is 2.85. The molecule has 27 heavy (non-hydrogen) atoms. The van der Waals surface area contributed by atoms with Gasteiger partial charge >= 0.3 is 0 Å². The highest BCUT2D eigenvalue weighted by Gasteiger charge is 2.19. The fraction of sp³-hybridized carbons (Fsp3) is 0.316. The van der Waals surface area contributed by atoms with Gasteiger partial charge < -0.3 is 9.88 Å². The third-order valence-corrected chi connectivity index (χ3v) is 4.51. The number of amides is 1. The van der Waals surface area contributed by atoms with Crippen molar-refractivity contribution in [1.29, 1.82) is 0 Å². The van der Waals surface area contributed by atoms with Gasteiger partial charge in [0.1, 0.15) is 5.56 Å². The summed E-state index contributed by atoms with van der Waals surface area (Å²) in [6.45, 7) is 7.52. The molecule has 0 bridgehead atoms. The van der Waals surface area contributed by atoms with Gasteiger partial charge in [-0.2, -0.15) is 5.10 Å². The van der Waals surface area contributed by atoms with Crippen molar-refractivity contribution in [3.63, 3.8) is 0 Å². The molecule has 0 radical (unpaired) electrons. The lowest BCUT2D eigenvalue weighted by atomic mass is 10.1. The van der Waals surface area contributed by atoms with Crippen molar-refractivity contribution in [2.45, 2.75) is 34.2 Å². The molecule has 3 aromatic rings. The zero-order chi connectivity index (χ0) is 19.7. The van der Waals surface area contributed by atoms with Crippen molar-refractivity contribution in [2.75, 3.05) is 5.32 Å². The lowest BCUT2D eigenvalue weighted by Crippen LogP contribution is -2.30. The molecular formula is C19H22N6O2. The zero-order valence-electron chi connectivity index (χ0n) is 16.1. The second-order valence-corrected chi connectivity index (χ2v) is 6.58. The first-order chi connectivity index (χ1) is 12.8. The number of hydrogen-bond acceptors (Lipinski definition) is 5. The van der Waals surface area contributed by atoms with Crippen LogP contribution in [0.15, 0.2) is 29.5 Å². The van der Waals surface area contributed by atoms with E-state index in [0.29, 0.717) is 22.6 Å². The van der Waals surface area contributed by atoms with Crippen LogP contribution >= 0.6 is 0 Å². The van der Waals surface area contributed by atoms with E-state index < -0.39 is 5.91 Å². The van der Waals surface area contributed by atoms with Gasteiger partial charge in [-0.25, -0.2) is 0 Å². The zero-order valence-corrected chi connectivity index (χ0v) is 16.1. The largest absolute Gasteiger partial charge is 0.319 e. The van der Waals surface area contributed by atoms with Gasteiger partial charge in [0.25, 0.3) is 11.5 Å². The molecule has 0 unspecified atom stereocenters. The maximum atomic E-state index is 12.9. The van der Waals surface area contributed by atoms with Crippen LogP contribution in [0.1, 0.15) is 38.7 Å². The Bertz CT molecular complexity index is 1060. The molecule has 1 amide bonds. The second kappa shape index (κ2) is 7.14. The maximum Gasteiger partial charge on any atom is 0.264 e. The van der Waals surface area contributed by atoms with Gasteiger partial charge in [0.2, 0.25) is 0 Å². The van der Waals surface area contributed by atoms with E-state index in [1.807, 2.05) is 20.8 Å². The number of aryl methyl sites for hydroxylation is 4. The first-order valence-corrected chi connectivity index (χ1v) is 8.57. The van der Waals surface area contributed by atoms with Crippen LogP contribution in [0, 0.1) is 27.7 Å². The molecule has 0 fully saturated rings. The van der Waals surface area contributed by atoms with Crippen LogP contribution in [0.4, 0.5) is 5.69 Å². The number of carbonyl (C=O) groups excluding carboxylic acids is 1. The average molecular weight is 366 g/mol. The molecule has 0 aliphatic carbocycles. The number of carbonyl (C=O) groups is 1. The molecule has 3 rings (SSSR count). The standard InChI is InChI=1S/C19H22N6O2/c1-11-6-7-25(10-15-9-20-12(2)8-21-15)19(27)16(11)18(26)22-17-13(3)23-24(5)14(17)4/h6-9H,10H2,1-5H3,(H,22,26). The lowest BCUT2D eigenvalue weighted by molar-refractivity contribution is 0.102. The summed E-state index contributed by atoms with van der Waals surface area (Å²) in [4.78, 5) is 34.2. The van der Waals surface area contributed by atoms with Crippen LogP contribution in [0.5, 0.6) is 0 Å². The summed E-state index contributed by atoms with van der Waals surface area (Å²) in [6.07, 6.45) is 4.94. The molecule has 3 aromatic heterocycles. The van der Waals surface area contributed by atoms with Crippen LogP contribution in [0.25, 0.3) is 0 Å². The first kappa shape index (κ1) is 18.5. The Hall–Kier alpha value is -3.29. The van der Waals surface area contributed by atoms with Gasteiger partial charge in [0.05, 0.1) is 41.2 Å². The fourth-order valence-electron chi connectivity index (χ4n) is 2.87. The van der Waals surface area contributed by atoms with E-state index >= 15 is 0 Å². The predicted molar refractivity (Wildman–Crippen MR) is 102 cm³/mol. The fourth-order valence-corrected chi connectivity index (χ4v) is 2.87. The number of nitrogens with zero attached hydrogens (tertiary/aromatic N) is 5. The summed E-state index contributed by atoms with van der Waals surface area (Å²) >= 11 is 0. The van der Waals surface area contributed by atoms with Gasteiger partial charge in [-0.1, -0.05) is 0 Å². The highest BCUT2D eigenvalue weighted by Crippen LogP contribution is 2.19. The Labute approximate surface area is 156 Å². The molecule has 0 aliphatic rings. The topological polar surface area (TPSA) is 94.7 Å². The van der Waals surface area contributed by atoms with E-state index in [2.05, 4.69) is 20.4 Å². The minimum Gasteiger partial charge on any atom is -0.319 e. The van der Waals surface area contributed by atoms with E-state index in [4.69, 9.17) is 0 Å². The number of aromatic nitrogens is 5. The van der Waals surface area contributed by atoms with Crippen molar-refractivity contribution in [3.05, 3.63) is 68.9 Å². The monoisotopic (exact) mass is 366 g/mol. The van der Waals surface area contributed by atoms with Crippen LogP contribution in [-0.4, -0.2) is 30.2 Å². The molecule has 140 valence electrons. The van der Waals surface area contributed by atoms with Crippen molar-refractivity contribution in [2.24, 2.45) is 7.05 Å². The summed E-state index contributed by atoms with van der Waals surface area (Å²) in [7, 11) is 1.81. The van der Waals surface area contributed by atoms with Gasteiger partial charge in [-0.15, -0.1) is 0 Å². The molecule has 0 aliphatic heterocycles. The van der Waals surface area contributed by atoms with Crippen molar-refractivity contribution in [3.8, 4) is 0 Å². The summed E-state index contributed by atoms with van der Waals surface area (Å²) in [5.74, 6) is -0.443. The van der Waals surface area contributed by atoms with Gasteiger partial charge in [-0.3, -0.25) is 24.2 Å². The van der Waals surface area contributed by atoms with Gasteiger partial charge in [-0.05, 0) is 39.3 Å². The number of pyridine rings is 1. The Morgan fingerprint density at radius 3 is 2.48 bits per heavy atom. The molecule has 1 N–H and O–H groups in total. The molecule has 0 atom stereocenters. The maximum absolute atomic E-state index is 12.9. The molecule has 0 aromatic carbocycles. The predicted octanol–water partition coefficient (Wildman–Crippen LogP) is 1.91. The second-order valence-electron chi connectivity index (χ2n) is 6.58. The van der Waals surface area contributed by atoms with Crippen molar-refractivity contribution >= 4 is 11.6 Å². The Morgan fingerprint density at radius 2 is 1.89 bits per heavy atom. The SMILES string of the molecule is Cc1cnc(Cn2ccc(C)c(C(=O)Nc3c(C)nn(C)c3C)c2=O)cn1. The molecule has 0 saturated heterocycles. The lowest BCUT2D eigenvalue weighted by Gasteiger charge is -2.11. The van der Waals surface area contributed by atoms with Gasteiger partial charge in [0.15, 0.2) is 0 Å². The number of nitrogens with one attached hydrogen (secondary N) is 1. The molecule has 0 spiro atoms. The van der Waals surface area contributed by atoms with Crippen molar-refractivity contribution in [1.82, 2.24) is 24.3 Å². The summed E-state index contributed by atoms with van der Waals surface area (Å²) in [5.41, 5.74) is 3.96. The summed E-state index contributed by atoms with van der Waals surface area (Å²) < 4.78 is 3.15. The normalized spacial score (nSPS) is 10.9. The first-order valence-electron chi connectivity index (χ1n) is 8.57. The highest BCUT2D eigenvalue weighted by molar-refractivity contribution is 6.05. The third kappa shape index (κ3) is 3.64. The van der Waals surface area contributed by atoms with E-state index in [9.17, 15) is 9.59 Å². The molecule has 8 nitrogen and oxygen atoms in total. The van der Waals surface area contributed by atoms with E-state index in [1.54, 1.807) is 43.3 Å². The van der Waals surface area contributed by atoms with Crippen molar-refractivity contribution < 1.29 is 4.79 Å². The number of hydrogen-bond donors (Lipinski definition) is 1. The molecule has 0 saturated carbocycles. The Morgan fingerprint density at radius 1 is 1.15 bits per heavy atom. The van der Waals surface area contributed by atoms with Gasteiger partial charge in [0, 0.05) is 19.4 Å². The van der Waals surface area contributed by atoms with E-state index in [1.165, 1.54) is 4.57 Å². The van der Waals surface area contributed by atoms with E-state index in [0.717, 1.165) is 11.4 Å². The smallest absolute Gasteiger partial charge is 0.264 e. The minimum atomic E-state index is -0.443. The quantitative estimate of drug-likeness (QED) is 0.761. The molecule has 8 heteroatoms. The minimum absolute atomic E-state index is 0.111. The van der Waals surface area contributed by atoms with E-state index in [-0.39, 0.29) is 17.7 Å². The Balaban J connectivity index is 1.94. The molecule has 3 heterocycles. The van der Waals surface area contributed by atoms with Crippen LogP contribution in [0.3, 0.4) is 0 Å². The highest BCUT2D eigenvalue weighted by atomic mass is 16.2. The van der Waals surface area contributed by atoms with Crippen LogP contribution < -0.4 is 10.9 Å². The summed E-state index contributed by atoms with van der Waals surface area (Å²) in [6, 6.07) is 1.75.